The van der Waals surface area contributed by atoms with E-state index in [0.717, 1.165) is 19.3 Å². The highest BCUT2D eigenvalue weighted by Gasteiger charge is 2.61. The number of fused-ring (bicyclic) bond motifs is 2. The molecule has 3 rings (SSSR count). The van der Waals surface area contributed by atoms with E-state index in [0.29, 0.717) is 13.0 Å². The van der Waals surface area contributed by atoms with Crippen LogP contribution in [-0.4, -0.2) is 71.6 Å². The summed E-state index contributed by atoms with van der Waals surface area (Å²) in [7, 11) is 1.74. The molecule has 2 aliphatic heterocycles. The van der Waals surface area contributed by atoms with Gasteiger partial charge in [0.15, 0.2) is 0 Å². The van der Waals surface area contributed by atoms with E-state index in [1.165, 1.54) is 4.90 Å². The van der Waals surface area contributed by atoms with E-state index in [1.807, 2.05) is 6.08 Å². The number of esters is 1. The van der Waals surface area contributed by atoms with Crippen LogP contribution < -0.4 is 0 Å². The van der Waals surface area contributed by atoms with Crippen molar-refractivity contribution < 1.29 is 24.2 Å². The number of hydrogen-bond acceptors (Lipinski definition) is 5. The number of carbonyl (C=O) groups excluding carboxylic acids is 3. The summed E-state index contributed by atoms with van der Waals surface area (Å²) in [6.45, 7) is 2.81. The third-order valence-corrected chi connectivity index (χ3v) is 6.03. The second-order valence-electron chi connectivity index (χ2n) is 8.00. The van der Waals surface area contributed by atoms with Crippen molar-refractivity contribution >= 4 is 17.8 Å². The number of aliphatic hydroxyl groups is 1. The molecule has 7 heteroatoms. The number of aliphatic hydroxyl groups excluding tert-OH is 1. The first-order valence-electron chi connectivity index (χ1n) is 9.95. The first kappa shape index (κ1) is 19.9. The molecule has 7 nitrogen and oxygen atoms in total. The summed E-state index contributed by atoms with van der Waals surface area (Å²) in [5.74, 6) is -0.711. The average Bonchev–Trinajstić information content (AvgIpc) is 3.18. The third-order valence-electron chi connectivity index (χ3n) is 6.03. The molecule has 0 aromatic heterocycles. The van der Waals surface area contributed by atoms with Gasteiger partial charge in [0.1, 0.15) is 6.04 Å². The number of ether oxygens (including phenoxy) is 1. The van der Waals surface area contributed by atoms with E-state index in [4.69, 9.17) is 4.74 Å². The Morgan fingerprint density at radius 2 is 2.15 bits per heavy atom. The van der Waals surface area contributed by atoms with Crippen LogP contribution in [0.2, 0.25) is 0 Å². The van der Waals surface area contributed by atoms with E-state index in [1.54, 1.807) is 18.9 Å². The molecule has 2 fully saturated rings. The molecule has 0 bridgehead atoms. The van der Waals surface area contributed by atoms with Gasteiger partial charge in [-0.15, -0.1) is 0 Å². The Kier molecular flexibility index (Phi) is 5.89. The molecular formula is C20H30N2O5. The van der Waals surface area contributed by atoms with Crippen LogP contribution in [0.4, 0.5) is 0 Å². The Morgan fingerprint density at radius 1 is 1.37 bits per heavy atom. The average molecular weight is 378 g/mol. The monoisotopic (exact) mass is 378 g/mol. The fourth-order valence-corrected chi connectivity index (χ4v) is 4.30. The Bertz CT molecular complexity index is 634. The Balaban J connectivity index is 1.85. The van der Waals surface area contributed by atoms with E-state index < -0.39 is 17.6 Å². The highest BCUT2D eigenvalue weighted by molar-refractivity contribution is 5.92. The summed E-state index contributed by atoms with van der Waals surface area (Å²) >= 11 is 0. The number of carbonyl (C=O) groups is 3. The molecule has 2 amide bonds. The van der Waals surface area contributed by atoms with Crippen LogP contribution in [-0.2, 0) is 19.1 Å². The molecule has 0 spiro atoms. The SMILES string of the molecule is CCOC(=O)[C@]12CC(=O)N3C[C@H](O)C[C@H]3C(=O)N(C)CCCC/C=C\[C@@H]1C2. The first-order chi connectivity index (χ1) is 12.9. The topological polar surface area (TPSA) is 87.1 Å². The number of amides is 2. The molecule has 3 aliphatic rings. The minimum Gasteiger partial charge on any atom is -0.466 e. The summed E-state index contributed by atoms with van der Waals surface area (Å²) in [4.78, 5) is 41.5. The van der Waals surface area contributed by atoms with Gasteiger partial charge in [0.05, 0.1) is 18.1 Å². The van der Waals surface area contributed by atoms with Gasteiger partial charge < -0.3 is 19.6 Å². The van der Waals surface area contributed by atoms with Crippen molar-refractivity contribution in [1.29, 1.82) is 0 Å². The molecule has 27 heavy (non-hydrogen) atoms. The van der Waals surface area contributed by atoms with Gasteiger partial charge in [-0.3, -0.25) is 14.4 Å². The van der Waals surface area contributed by atoms with Gasteiger partial charge in [0.2, 0.25) is 11.8 Å². The van der Waals surface area contributed by atoms with E-state index >= 15 is 0 Å². The molecule has 0 unspecified atom stereocenters. The second-order valence-corrected chi connectivity index (χ2v) is 8.00. The van der Waals surface area contributed by atoms with Crippen LogP contribution in [0.3, 0.4) is 0 Å². The van der Waals surface area contributed by atoms with Crippen LogP contribution in [0, 0.1) is 11.3 Å². The summed E-state index contributed by atoms with van der Waals surface area (Å²) in [6.07, 6.45) is 7.02. The Labute approximate surface area is 160 Å². The van der Waals surface area contributed by atoms with Crippen molar-refractivity contribution in [2.24, 2.45) is 11.3 Å². The van der Waals surface area contributed by atoms with Crippen molar-refractivity contribution in [2.45, 2.75) is 57.6 Å². The zero-order valence-corrected chi connectivity index (χ0v) is 16.2. The molecule has 1 aliphatic carbocycles. The molecule has 0 aromatic rings. The van der Waals surface area contributed by atoms with Crippen LogP contribution in [0.1, 0.15) is 45.4 Å². The van der Waals surface area contributed by atoms with Gasteiger partial charge in [0, 0.05) is 33.0 Å². The maximum Gasteiger partial charge on any atom is 0.313 e. The molecule has 1 N–H and O–H groups in total. The predicted molar refractivity (Wildman–Crippen MR) is 98.5 cm³/mol. The van der Waals surface area contributed by atoms with Gasteiger partial charge in [-0.05, 0) is 38.5 Å². The number of hydrogen-bond donors (Lipinski definition) is 1. The lowest BCUT2D eigenvalue weighted by Gasteiger charge is -2.29. The minimum atomic E-state index is -0.819. The first-order valence-corrected chi connectivity index (χ1v) is 9.95. The zero-order valence-electron chi connectivity index (χ0n) is 16.2. The molecule has 4 atom stereocenters. The van der Waals surface area contributed by atoms with Crippen molar-refractivity contribution in [3.63, 3.8) is 0 Å². The fraction of sp³-hybridized carbons (Fsp3) is 0.750. The van der Waals surface area contributed by atoms with Gasteiger partial charge >= 0.3 is 5.97 Å². The van der Waals surface area contributed by atoms with E-state index in [9.17, 15) is 19.5 Å². The van der Waals surface area contributed by atoms with Gasteiger partial charge in [-0.2, -0.15) is 0 Å². The molecular weight excluding hydrogens is 348 g/mol. The smallest absolute Gasteiger partial charge is 0.313 e. The fourth-order valence-electron chi connectivity index (χ4n) is 4.30. The predicted octanol–water partition coefficient (Wildman–Crippen LogP) is 1.11. The Hall–Kier alpha value is -1.89. The maximum absolute atomic E-state index is 13.0. The van der Waals surface area contributed by atoms with E-state index in [2.05, 4.69) is 6.08 Å². The van der Waals surface area contributed by atoms with Crippen LogP contribution in [0.5, 0.6) is 0 Å². The number of likely N-dealkylation sites (N-methyl/N-ethyl adjacent to an activating group) is 1. The number of rotatable bonds is 2. The third kappa shape index (κ3) is 4.03. The summed E-state index contributed by atoms with van der Waals surface area (Å²) in [5.41, 5.74) is -0.819. The van der Waals surface area contributed by atoms with Crippen molar-refractivity contribution in [3.8, 4) is 0 Å². The van der Waals surface area contributed by atoms with Crippen molar-refractivity contribution in [3.05, 3.63) is 12.2 Å². The molecule has 0 aromatic carbocycles. The standard InChI is InChI=1S/C20H30N2O5/c1-3-27-19(26)20-11-14(20)8-6-4-5-7-9-21(2)18(25)16-10-15(23)13-22(16)17(24)12-20/h6,8,14-16,23H,3-5,7,9-13H2,1-2H3/b8-6-/t14-,15-,16+,20-/m1/s1. The van der Waals surface area contributed by atoms with Gasteiger partial charge in [-0.25, -0.2) is 0 Å². The second kappa shape index (κ2) is 8.00. The van der Waals surface area contributed by atoms with Gasteiger partial charge in [-0.1, -0.05) is 12.2 Å². The van der Waals surface area contributed by atoms with Gasteiger partial charge in [0.25, 0.3) is 0 Å². The lowest BCUT2D eigenvalue weighted by molar-refractivity contribution is -0.154. The molecule has 2 heterocycles. The highest BCUT2D eigenvalue weighted by atomic mass is 16.5. The zero-order chi connectivity index (χ0) is 19.6. The molecule has 1 saturated heterocycles. The normalized spacial score (nSPS) is 35.9. The number of allylic oxidation sites excluding steroid dienone is 2. The lowest BCUT2D eigenvalue weighted by Crippen LogP contribution is -2.47. The summed E-state index contributed by atoms with van der Waals surface area (Å²) < 4.78 is 5.25. The van der Waals surface area contributed by atoms with E-state index in [-0.39, 0.29) is 49.7 Å². The lowest BCUT2D eigenvalue weighted by atomic mass is 9.97. The van der Waals surface area contributed by atoms with Crippen LogP contribution in [0.15, 0.2) is 12.2 Å². The maximum atomic E-state index is 13.0. The quantitative estimate of drug-likeness (QED) is 0.574. The van der Waals surface area contributed by atoms with Crippen LogP contribution >= 0.6 is 0 Å². The molecule has 150 valence electrons. The summed E-state index contributed by atoms with van der Waals surface area (Å²) in [5, 5.41) is 10.1. The van der Waals surface area contributed by atoms with Crippen LogP contribution in [0.25, 0.3) is 0 Å². The summed E-state index contributed by atoms with van der Waals surface area (Å²) in [6, 6.07) is -0.646. The largest absolute Gasteiger partial charge is 0.466 e. The van der Waals surface area contributed by atoms with Crippen molar-refractivity contribution in [2.75, 3.05) is 26.7 Å². The minimum absolute atomic E-state index is 0.00722. The number of nitrogens with zero attached hydrogens (tertiary/aromatic N) is 2. The molecule has 0 radical (unpaired) electrons. The Morgan fingerprint density at radius 3 is 2.89 bits per heavy atom. The molecule has 1 saturated carbocycles. The highest BCUT2D eigenvalue weighted by Crippen LogP contribution is 2.57. The van der Waals surface area contributed by atoms with Crippen molar-refractivity contribution in [1.82, 2.24) is 9.80 Å².